The number of aromatic nitrogens is 1. The highest BCUT2D eigenvalue weighted by Gasteiger charge is 2.07. The van der Waals surface area contributed by atoms with Gasteiger partial charge in [-0.15, -0.1) is 0 Å². The van der Waals surface area contributed by atoms with Crippen LogP contribution in [0.1, 0.15) is 10.5 Å². The summed E-state index contributed by atoms with van der Waals surface area (Å²) in [5, 5.41) is 18.8. The molecule has 4 nitrogen and oxygen atoms in total. The number of para-hydroxylation sites is 1. The lowest BCUT2D eigenvalue weighted by Gasteiger charge is -2.00. The van der Waals surface area contributed by atoms with Crippen molar-refractivity contribution < 1.29 is 15.0 Å². The van der Waals surface area contributed by atoms with Gasteiger partial charge in [-0.3, -0.25) is 0 Å². The summed E-state index contributed by atoms with van der Waals surface area (Å²) in [6, 6.07) is 29.0. The number of aromatic carboxylic acids is 1. The molecule has 0 radical (unpaired) electrons. The van der Waals surface area contributed by atoms with Gasteiger partial charge in [-0.25, -0.2) is 9.78 Å². The van der Waals surface area contributed by atoms with Crippen LogP contribution in [0.4, 0.5) is 0 Å². The van der Waals surface area contributed by atoms with Gasteiger partial charge in [0.15, 0.2) is 7.28 Å². The van der Waals surface area contributed by atoms with Gasteiger partial charge in [0, 0.05) is 5.39 Å². The van der Waals surface area contributed by atoms with E-state index >= 15 is 0 Å². The van der Waals surface area contributed by atoms with Gasteiger partial charge < -0.3 is 10.2 Å². The number of rotatable bonds is 3. The van der Waals surface area contributed by atoms with Crippen molar-refractivity contribution in [2.45, 2.75) is 0 Å². The van der Waals surface area contributed by atoms with Gasteiger partial charge in [0.05, 0.1) is 0 Å². The molecule has 0 amide bonds. The Morgan fingerprint density at radius 3 is 1.89 bits per heavy atom. The Hall–Kier alpha value is -3.60. The summed E-state index contributed by atoms with van der Waals surface area (Å²) < 4.78 is 0. The van der Waals surface area contributed by atoms with Gasteiger partial charge >= 0.3 is 5.97 Å². The van der Waals surface area contributed by atoms with Crippen LogP contribution in [0.15, 0.2) is 91.0 Å². The van der Waals surface area contributed by atoms with Crippen LogP contribution in [-0.2, 0) is 0 Å². The highest BCUT2D eigenvalue weighted by Crippen LogP contribution is 2.22. The number of phenols is 1. The van der Waals surface area contributed by atoms with Gasteiger partial charge in [0.1, 0.15) is 17.0 Å². The maximum atomic E-state index is 10.6. The topological polar surface area (TPSA) is 70.4 Å². The smallest absolute Gasteiger partial charge is 0.354 e. The molecule has 0 atom stereocenters. The van der Waals surface area contributed by atoms with E-state index in [-0.39, 0.29) is 11.4 Å². The second-order valence-corrected chi connectivity index (χ2v) is 6.00. The van der Waals surface area contributed by atoms with E-state index in [1.54, 1.807) is 18.2 Å². The van der Waals surface area contributed by atoms with Gasteiger partial charge in [0.25, 0.3) is 0 Å². The number of hydrogen-bond donors (Lipinski definition) is 2. The third kappa shape index (κ3) is 4.95. The molecule has 1 aromatic heterocycles. The lowest BCUT2D eigenvalue weighted by atomic mass is 9.64. The summed E-state index contributed by atoms with van der Waals surface area (Å²) in [6.45, 7) is 0. The number of carboxylic acid groups (broad SMARTS) is 1. The fraction of sp³-hybridized carbons (Fsp3) is 0. The molecule has 0 spiro atoms. The average molecular weight is 355 g/mol. The molecule has 0 aliphatic heterocycles. The summed E-state index contributed by atoms with van der Waals surface area (Å²) in [4.78, 5) is 14.4. The van der Waals surface area contributed by atoms with E-state index in [4.69, 9.17) is 5.11 Å². The molecule has 0 fully saturated rings. The Labute approximate surface area is 158 Å². The molecule has 0 saturated carbocycles. The number of pyridine rings is 1. The zero-order valence-electron chi connectivity index (χ0n) is 14.6. The van der Waals surface area contributed by atoms with Crippen molar-refractivity contribution in [3.8, 4) is 5.75 Å². The Balaban J connectivity index is 0.000000156. The SMILES string of the molecule is B(c1ccccc1)c1ccccc1.O=C(O)c1ccc2cccc(O)c2n1. The fourth-order valence-corrected chi connectivity index (χ4v) is 2.68. The number of aromatic hydroxyl groups is 1. The van der Waals surface area contributed by atoms with Gasteiger partial charge in [-0.1, -0.05) is 89.8 Å². The van der Waals surface area contributed by atoms with Crippen LogP contribution in [0.5, 0.6) is 5.75 Å². The molecule has 132 valence electrons. The van der Waals surface area contributed by atoms with Crippen LogP contribution in [-0.4, -0.2) is 28.4 Å². The van der Waals surface area contributed by atoms with Gasteiger partial charge in [-0.05, 0) is 12.1 Å². The van der Waals surface area contributed by atoms with Gasteiger partial charge in [0.2, 0.25) is 0 Å². The molecule has 0 unspecified atom stereocenters. The number of fused-ring (bicyclic) bond motifs is 1. The van der Waals surface area contributed by atoms with Crippen molar-refractivity contribution in [3.05, 3.63) is 96.7 Å². The van der Waals surface area contributed by atoms with Crippen molar-refractivity contribution in [3.63, 3.8) is 0 Å². The highest BCUT2D eigenvalue weighted by atomic mass is 16.4. The van der Waals surface area contributed by atoms with E-state index in [0.29, 0.717) is 5.52 Å². The zero-order chi connectivity index (χ0) is 19.1. The first-order valence-corrected chi connectivity index (χ1v) is 8.53. The molecular formula is C22H18BNO3. The maximum absolute atomic E-state index is 10.6. The summed E-state index contributed by atoms with van der Waals surface area (Å²) in [7, 11) is 1.03. The normalized spacial score (nSPS) is 9.93. The molecule has 5 heteroatoms. The highest BCUT2D eigenvalue weighted by molar-refractivity contribution is 6.67. The quantitative estimate of drug-likeness (QED) is 0.555. The molecule has 4 rings (SSSR count). The van der Waals surface area contributed by atoms with E-state index in [9.17, 15) is 9.90 Å². The van der Waals surface area contributed by atoms with Crippen LogP contribution in [0.2, 0.25) is 0 Å². The summed E-state index contributed by atoms with van der Waals surface area (Å²) in [5.74, 6) is -1.11. The predicted octanol–water partition coefficient (Wildman–Crippen LogP) is 2.71. The van der Waals surface area contributed by atoms with Crippen molar-refractivity contribution in [2.24, 2.45) is 0 Å². The number of benzene rings is 3. The van der Waals surface area contributed by atoms with Crippen molar-refractivity contribution in [2.75, 3.05) is 0 Å². The van der Waals surface area contributed by atoms with Crippen LogP contribution in [0.25, 0.3) is 10.9 Å². The monoisotopic (exact) mass is 355 g/mol. The van der Waals surface area contributed by atoms with E-state index < -0.39 is 5.97 Å². The molecule has 0 bridgehead atoms. The van der Waals surface area contributed by atoms with Crippen LogP contribution >= 0.6 is 0 Å². The van der Waals surface area contributed by atoms with Crippen LogP contribution < -0.4 is 10.9 Å². The van der Waals surface area contributed by atoms with Crippen molar-refractivity contribution in [1.82, 2.24) is 4.98 Å². The van der Waals surface area contributed by atoms with Crippen molar-refractivity contribution in [1.29, 1.82) is 0 Å². The summed E-state index contributed by atoms with van der Waals surface area (Å²) in [6.07, 6.45) is 0. The van der Waals surface area contributed by atoms with Crippen LogP contribution in [0.3, 0.4) is 0 Å². The minimum absolute atomic E-state index is 0.00870. The molecule has 2 N–H and O–H groups in total. The van der Waals surface area contributed by atoms with Crippen LogP contribution in [0, 0.1) is 0 Å². The Morgan fingerprint density at radius 1 is 0.741 bits per heavy atom. The van der Waals surface area contributed by atoms with E-state index in [1.165, 1.54) is 23.1 Å². The number of carbonyl (C=O) groups is 1. The molecule has 0 aliphatic carbocycles. The zero-order valence-corrected chi connectivity index (χ0v) is 14.6. The third-order valence-corrected chi connectivity index (χ3v) is 4.01. The largest absolute Gasteiger partial charge is 0.506 e. The Bertz CT molecular complexity index is 1000. The number of nitrogens with zero attached hydrogens (tertiary/aromatic N) is 1. The molecule has 27 heavy (non-hydrogen) atoms. The van der Waals surface area contributed by atoms with Crippen molar-refractivity contribution >= 4 is 35.1 Å². The Kier molecular flexibility index (Phi) is 5.85. The molecule has 4 aromatic rings. The van der Waals surface area contributed by atoms with E-state index in [1.807, 2.05) is 0 Å². The number of phenolic OH excluding ortho intramolecular Hbond substituents is 1. The number of hydrogen-bond acceptors (Lipinski definition) is 3. The van der Waals surface area contributed by atoms with E-state index in [2.05, 4.69) is 65.6 Å². The lowest BCUT2D eigenvalue weighted by molar-refractivity contribution is 0.0691. The maximum Gasteiger partial charge on any atom is 0.354 e. The molecule has 0 saturated heterocycles. The Morgan fingerprint density at radius 2 is 1.33 bits per heavy atom. The first kappa shape index (κ1) is 18.2. The number of carboxylic acids is 1. The standard InChI is InChI=1S/C12H11B.C10H7NO3/c1-3-7-11(8-4-1)13-12-9-5-2-6-10-12;12-8-3-1-2-6-4-5-7(10(13)14)11-9(6)8/h1-10,13H;1-5,12H,(H,13,14). The third-order valence-electron chi connectivity index (χ3n) is 4.01. The second-order valence-electron chi connectivity index (χ2n) is 6.00. The first-order valence-electron chi connectivity index (χ1n) is 8.53. The molecule has 3 aromatic carbocycles. The van der Waals surface area contributed by atoms with E-state index in [0.717, 1.165) is 12.7 Å². The van der Waals surface area contributed by atoms with Gasteiger partial charge in [-0.2, -0.15) is 0 Å². The average Bonchev–Trinajstić information content (AvgIpc) is 2.70. The first-order chi connectivity index (χ1) is 13.1. The minimum Gasteiger partial charge on any atom is -0.506 e. The summed E-state index contributed by atoms with van der Waals surface area (Å²) in [5.41, 5.74) is 2.98. The lowest BCUT2D eigenvalue weighted by Crippen LogP contribution is -2.26. The second kappa shape index (κ2) is 8.67. The minimum atomic E-state index is -1.10. The molecular weight excluding hydrogens is 337 g/mol. The summed E-state index contributed by atoms with van der Waals surface area (Å²) >= 11 is 0. The molecule has 1 heterocycles. The fourth-order valence-electron chi connectivity index (χ4n) is 2.68. The molecule has 0 aliphatic rings. The predicted molar refractivity (Wildman–Crippen MR) is 110 cm³/mol.